The van der Waals surface area contributed by atoms with E-state index in [0.717, 1.165) is 25.9 Å². The molecule has 0 aromatic heterocycles. The zero-order valence-corrected chi connectivity index (χ0v) is 8.07. The molecule has 76 valence electrons. The molecule has 1 aliphatic rings. The summed E-state index contributed by atoms with van der Waals surface area (Å²) < 4.78 is 0. The average molecular weight is 186 g/mol. The number of rotatable bonds is 3. The summed E-state index contributed by atoms with van der Waals surface area (Å²) in [7, 11) is 2.09. The van der Waals surface area contributed by atoms with Crippen LogP contribution in [-0.4, -0.2) is 42.2 Å². The minimum absolute atomic E-state index is 0.502. The van der Waals surface area contributed by atoms with Gasteiger partial charge in [0, 0.05) is 0 Å². The highest BCUT2D eigenvalue weighted by Crippen LogP contribution is 2.20. The zero-order chi connectivity index (χ0) is 9.84. The third kappa shape index (κ3) is 3.32. The van der Waals surface area contributed by atoms with Gasteiger partial charge in [-0.1, -0.05) is 0 Å². The van der Waals surface area contributed by atoms with Crippen molar-refractivity contribution in [2.24, 2.45) is 11.7 Å². The molecule has 4 heteroatoms. The second-order valence-electron chi connectivity index (χ2n) is 3.93. The van der Waals surface area contributed by atoms with Crippen molar-refractivity contribution in [1.29, 1.82) is 0 Å². The Balaban J connectivity index is 2.26. The quantitative estimate of drug-likeness (QED) is 0.657. The number of hydrogen-bond donors (Lipinski definition) is 2. The number of likely N-dealkylation sites (tertiary alicyclic amines) is 1. The molecule has 0 spiro atoms. The van der Waals surface area contributed by atoms with E-state index in [1.54, 1.807) is 0 Å². The third-order valence-electron chi connectivity index (χ3n) is 2.74. The Bertz CT molecular complexity index is 176. The highest BCUT2D eigenvalue weighted by molar-refractivity contribution is 5.73. The highest BCUT2D eigenvalue weighted by Gasteiger charge is 2.21. The monoisotopic (exact) mass is 186 g/mol. The summed E-state index contributed by atoms with van der Waals surface area (Å²) >= 11 is 0. The van der Waals surface area contributed by atoms with Crippen LogP contribution < -0.4 is 5.73 Å². The van der Waals surface area contributed by atoms with Crippen LogP contribution in [0.4, 0.5) is 0 Å². The van der Waals surface area contributed by atoms with Crippen LogP contribution in [0.5, 0.6) is 0 Å². The lowest BCUT2D eigenvalue weighted by molar-refractivity contribution is -0.139. The fourth-order valence-electron chi connectivity index (χ4n) is 1.76. The maximum atomic E-state index is 10.5. The standard InChI is InChI=1S/C9H18N2O2/c1-11-4-2-7(3-5-11)6-8(10)9(12)13/h7-8H,2-6,10H2,1H3,(H,12,13)/t8-/m0/s1. The van der Waals surface area contributed by atoms with Crippen molar-refractivity contribution in [2.45, 2.75) is 25.3 Å². The van der Waals surface area contributed by atoms with Crippen LogP contribution in [0.25, 0.3) is 0 Å². The van der Waals surface area contributed by atoms with E-state index >= 15 is 0 Å². The Morgan fingerprint density at radius 3 is 2.62 bits per heavy atom. The van der Waals surface area contributed by atoms with Gasteiger partial charge in [0.05, 0.1) is 0 Å². The molecule has 0 aromatic carbocycles. The van der Waals surface area contributed by atoms with Crippen molar-refractivity contribution in [3.8, 4) is 0 Å². The Morgan fingerprint density at radius 2 is 2.15 bits per heavy atom. The summed E-state index contributed by atoms with van der Waals surface area (Å²) in [5, 5.41) is 8.63. The van der Waals surface area contributed by atoms with Crippen molar-refractivity contribution < 1.29 is 9.90 Å². The molecule has 1 rings (SSSR count). The number of aliphatic carboxylic acids is 1. The molecular formula is C9H18N2O2. The van der Waals surface area contributed by atoms with Gasteiger partial charge in [0.1, 0.15) is 6.04 Å². The first-order valence-electron chi connectivity index (χ1n) is 4.76. The summed E-state index contributed by atoms with van der Waals surface area (Å²) in [4.78, 5) is 12.8. The van der Waals surface area contributed by atoms with E-state index in [0.29, 0.717) is 12.3 Å². The summed E-state index contributed by atoms with van der Waals surface area (Å²) in [6.45, 7) is 2.13. The Hall–Kier alpha value is -0.610. The molecule has 1 atom stereocenters. The van der Waals surface area contributed by atoms with Crippen LogP contribution >= 0.6 is 0 Å². The summed E-state index contributed by atoms with van der Waals surface area (Å²) in [5.74, 6) is -0.374. The van der Waals surface area contributed by atoms with E-state index in [-0.39, 0.29) is 0 Å². The van der Waals surface area contributed by atoms with Gasteiger partial charge < -0.3 is 15.7 Å². The first-order valence-corrected chi connectivity index (χ1v) is 4.76. The minimum atomic E-state index is -0.876. The Morgan fingerprint density at radius 1 is 1.62 bits per heavy atom. The normalized spacial score (nSPS) is 22.9. The second kappa shape index (κ2) is 4.58. The molecule has 1 fully saturated rings. The summed E-state index contributed by atoms with van der Waals surface area (Å²) in [5.41, 5.74) is 5.47. The lowest BCUT2D eigenvalue weighted by atomic mass is 9.91. The number of piperidine rings is 1. The largest absolute Gasteiger partial charge is 0.480 e. The van der Waals surface area contributed by atoms with Gasteiger partial charge in [0.15, 0.2) is 0 Å². The highest BCUT2D eigenvalue weighted by atomic mass is 16.4. The molecule has 1 heterocycles. The van der Waals surface area contributed by atoms with Crippen LogP contribution in [0, 0.1) is 5.92 Å². The predicted octanol–water partition coefficient (Wildman–Crippen LogP) is 0.130. The van der Waals surface area contributed by atoms with Crippen molar-refractivity contribution in [3.05, 3.63) is 0 Å². The van der Waals surface area contributed by atoms with E-state index in [1.165, 1.54) is 0 Å². The second-order valence-corrected chi connectivity index (χ2v) is 3.93. The number of hydrogen-bond acceptors (Lipinski definition) is 3. The third-order valence-corrected chi connectivity index (χ3v) is 2.74. The molecule has 4 nitrogen and oxygen atoms in total. The maximum absolute atomic E-state index is 10.5. The predicted molar refractivity (Wildman–Crippen MR) is 50.4 cm³/mol. The molecule has 0 bridgehead atoms. The lowest BCUT2D eigenvalue weighted by Gasteiger charge is -2.29. The first-order chi connectivity index (χ1) is 6.09. The summed E-state index contributed by atoms with van der Waals surface area (Å²) in [6.07, 6.45) is 2.79. The Kier molecular flexibility index (Phi) is 3.69. The van der Waals surface area contributed by atoms with Crippen LogP contribution in [0.1, 0.15) is 19.3 Å². The van der Waals surface area contributed by atoms with Crippen molar-refractivity contribution >= 4 is 5.97 Å². The molecule has 13 heavy (non-hydrogen) atoms. The fraction of sp³-hybridized carbons (Fsp3) is 0.889. The van der Waals surface area contributed by atoms with Gasteiger partial charge in [-0.05, 0) is 45.3 Å². The molecule has 1 saturated heterocycles. The van der Waals surface area contributed by atoms with Gasteiger partial charge >= 0.3 is 5.97 Å². The van der Waals surface area contributed by atoms with Gasteiger partial charge in [-0.25, -0.2) is 0 Å². The molecule has 0 unspecified atom stereocenters. The number of carboxylic acid groups (broad SMARTS) is 1. The number of carbonyl (C=O) groups is 1. The first kappa shape index (κ1) is 10.5. The maximum Gasteiger partial charge on any atom is 0.320 e. The van der Waals surface area contributed by atoms with Crippen molar-refractivity contribution in [3.63, 3.8) is 0 Å². The minimum Gasteiger partial charge on any atom is -0.480 e. The number of nitrogens with two attached hydrogens (primary N) is 1. The number of carboxylic acids is 1. The lowest BCUT2D eigenvalue weighted by Crippen LogP contribution is -2.36. The molecule has 0 aliphatic carbocycles. The molecule has 0 aromatic rings. The van der Waals surface area contributed by atoms with E-state index < -0.39 is 12.0 Å². The van der Waals surface area contributed by atoms with Crippen LogP contribution in [0.15, 0.2) is 0 Å². The van der Waals surface area contributed by atoms with Crippen LogP contribution in [0.3, 0.4) is 0 Å². The SMILES string of the molecule is CN1CCC(C[C@H](N)C(=O)O)CC1. The van der Waals surface area contributed by atoms with Crippen LogP contribution in [-0.2, 0) is 4.79 Å². The molecule has 0 radical (unpaired) electrons. The van der Waals surface area contributed by atoms with Crippen molar-refractivity contribution in [1.82, 2.24) is 4.90 Å². The molecule has 0 saturated carbocycles. The van der Waals surface area contributed by atoms with E-state index in [2.05, 4.69) is 11.9 Å². The fourth-order valence-corrected chi connectivity index (χ4v) is 1.76. The topological polar surface area (TPSA) is 66.6 Å². The van der Waals surface area contributed by atoms with Gasteiger partial charge in [-0.2, -0.15) is 0 Å². The van der Waals surface area contributed by atoms with E-state index in [4.69, 9.17) is 10.8 Å². The zero-order valence-electron chi connectivity index (χ0n) is 8.07. The van der Waals surface area contributed by atoms with E-state index in [1.807, 2.05) is 0 Å². The Labute approximate surface area is 78.7 Å². The molecule has 1 aliphatic heterocycles. The van der Waals surface area contributed by atoms with Gasteiger partial charge in [-0.15, -0.1) is 0 Å². The number of nitrogens with zero attached hydrogens (tertiary/aromatic N) is 1. The summed E-state index contributed by atoms with van der Waals surface area (Å²) in [6, 6.07) is -0.673. The molecular weight excluding hydrogens is 168 g/mol. The van der Waals surface area contributed by atoms with Gasteiger partial charge in [0.25, 0.3) is 0 Å². The molecule has 0 amide bonds. The molecule has 3 N–H and O–H groups in total. The average Bonchev–Trinajstić information content (AvgIpc) is 2.08. The van der Waals surface area contributed by atoms with Crippen LogP contribution in [0.2, 0.25) is 0 Å². The smallest absolute Gasteiger partial charge is 0.320 e. The van der Waals surface area contributed by atoms with Gasteiger partial charge in [-0.3, -0.25) is 4.79 Å². The van der Waals surface area contributed by atoms with E-state index in [9.17, 15) is 4.79 Å². The van der Waals surface area contributed by atoms with Crippen molar-refractivity contribution in [2.75, 3.05) is 20.1 Å². The van der Waals surface area contributed by atoms with Gasteiger partial charge in [0.2, 0.25) is 0 Å².